The van der Waals surface area contributed by atoms with Gasteiger partial charge in [-0.05, 0) is 44.2 Å². The summed E-state index contributed by atoms with van der Waals surface area (Å²) in [5.41, 5.74) is 6.88. The van der Waals surface area contributed by atoms with Gasteiger partial charge in [0, 0.05) is 12.5 Å². The highest BCUT2D eigenvalue weighted by molar-refractivity contribution is 5.31. The molecular formula is C15H22N2. The van der Waals surface area contributed by atoms with Crippen molar-refractivity contribution in [3.63, 3.8) is 0 Å². The van der Waals surface area contributed by atoms with Gasteiger partial charge in [-0.25, -0.2) is 0 Å². The third-order valence-corrected chi connectivity index (χ3v) is 3.08. The van der Waals surface area contributed by atoms with Gasteiger partial charge < -0.3 is 0 Å². The second-order valence-corrected chi connectivity index (χ2v) is 4.59. The van der Waals surface area contributed by atoms with E-state index in [0.717, 1.165) is 25.7 Å². The minimum Gasteiger partial charge on any atom is -0.271 e. The van der Waals surface area contributed by atoms with E-state index in [0.29, 0.717) is 6.04 Å². The highest BCUT2D eigenvalue weighted by atomic mass is 15.2. The second-order valence-electron chi connectivity index (χ2n) is 4.59. The van der Waals surface area contributed by atoms with Crippen LogP contribution in [0.15, 0.2) is 18.2 Å². The van der Waals surface area contributed by atoms with Gasteiger partial charge >= 0.3 is 0 Å². The van der Waals surface area contributed by atoms with Crippen molar-refractivity contribution in [2.75, 3.05) is 0 Å². The van der Waals surface area contributed by atoms with Crippen molar-refractivity contribution in [3.05, 3.63) is 34.9 Å². The molecular weight excluding hydrogens is 208 g/mol. The number of nitrogens with one attached hydrogen (secondary N) is 1. The third kappa shape index (κ3) is 4.60. The number of hydrogen-bond donors (Lipinski definition) is 2. The number of rotatable bonds is 6. The smallest absolute Gasteiger partial charge is 0.0251 e. The van der Waals surface area contributed by atoms with Crippen molar-refractivity contribution in [1.29, 1.82) is 0 Å². The van der Waals surface area contributed by atoms with Crippen molar-refractivity contribution >= 4 is 0 Å². The van der Waals surface area contributed by atoms with Crippen LogP contribution >= 0.6 is 0 Å². The Bertz CT molecular complexity index is 390. The summed E-state index contributed by atoms with van der Waals surface area (Å²) in [7, 11) is 0. The molecule has 1 aromatic carbocycles. The van der Waals surface area contributed by atoms with Crippen molar-refractivity contribution in [3.8, 4) is 12.3 Å². The average Bonchev–Trinajstić information content (AvgIpc) is 2.32. The number of hydrogen-bond acceptors (Lipinski definition) is 2. The topological polar surface area (TPSA) is 38.0 Å². The number of unbranched alkanes of at least 4 members (excludes halogenated alkanes) is 1. The Balaban J connectivity index is 2.60. The SMILES string of the molecule is C#CCCCC(Cc1cc(C)ccc1C)NN. The van der Waals surface area contributed by atoms with Gasteiger partial charge in [-0.1, -0.05) is 23.8 Å². The Kier molecular flexibility index (Phi) is 5.76. The molecule has 3 N–H and O–H groups in total. The largest absolute Gasteiger partial charge is 0.271 e. The molecule has 0 heterocycles. The molecule has 1 aromatic rings. The lowest BCUT2D eigenvalue weighted by Gasteiger charge is -2.17. The van der Waals surface area contributed by atoms with E-state index in [9.17, 15) is 0 Å². The molecule has 1 atom stereocenters. The highest BCUT2D eigenvalue weighted by Crippen LogP contribution is 2.14. The molecule has 0 aliphatic rings. The quantitative estimate of drug-likeness (QED) is 0.341. The normalized spacial score (nSPS) is 12.1. The summed E-state index contributed by atoms with van der Waals surface area (Å²) in [6.45, 7) is 4.26. The first-order valence-electron chi connectivity index (χ1n) is 6.13. The maximum atomic E-state index is 5.59. The molecule has 2 nitrogen and oxygen atoms in total. The summed E-state index contributed by atoms with van der Waals surface area (Å²) in [6.07, 6.45) is 9.09. The summed E-state index contributed by atoms with van der Waals surface area (Å²) in [6, 6.07) is 6.85. The zero-order chi connectivity index (χ0) is 12.7. The first-order chi connectivity index (χ1) is 8.17. The maximum Gasteiger partial charge on any atom is 0.0251 e. The molecule has 92 valence electrons. The van der Waals surface area contributed by atoms with Crippen LogP contribution in [0.5, 0.6) is 0 Å². The molecule has 0 aliphatic carbocycles. The molecule has 1 unspecified atom stereocenters. The molecule has 0 spiro atoms. The van der Waals surface area contributed by atoms with Crippen LogP contribution in [0.4, 0.5) is 0 Å². The summed E-state index contributed by atoms with van der Waals surface area (Å²) in [5, 5.41) is 0. The summed E-state index contributed by atoms with van der Waals surface area (Å²) in [4.78, 5) is 0. The first-order valence-corrected chi connectivity index (χ1v) is 6.13. The van der Waals surface area contributed by atoms with Crippen molar-refractivity contribution in [1.82, 2.24) is 5.43 Å². The molecule has 17 heavy (non-hydrogen) atoms. The van der Waals surface area contributed by atoms with Crippen LogP contribution in [-0.4, -0.2) is 6.04 Å². The highest BCUT2D eigenvalue weighted by Gasteiger charge is 2.09. The van der Waals surface area contributed by atoms with Crippen LogP contribution < -0.4 is 11.3 Å². The number of nitrogens with two attached hydrogens (primary N) is 1. The van der Waals surface area contributed by atoms with Crippen LogP contribution in [0.25, 0.3) is 0 Å². The van der Waals surface area contributed by atoms with Crippen LogP contribution in [0, 0.1) is 26.2 Å². The standard InChI is InChI=1S/C15H22N2/c1-4-5-6-7-15(17-16)11-14-10-12(2)8-9-13(14)3/h1,8-10,15,17H,5-7,11,16H2,2-3H3. The van der Waals surface area contributed by atoms with Crippen LogP contribution in [0.1, 0.15) is 36.0 Å². The second kappa shape index (κ2) is 7.11. The van der Waals surface area contributed by atoms with Gasteiger partial charge in [0.1, 0.15) is 0 Å². The molecule has 1 rings (SSSR count). The predicted octanol–water partition coefficient (Wildman–Crippen LogP) is 2.48. The fourth-order valence-electron chi connectivity index (χ4n) is 1.98. The average molecular weight is 230 g/mol. The Morgan fingerprint density at radius 3 is 2.82 bits per heavy atom. The van der Waals surface area contributed by atoms with E-state index in [1.165, 1.54) is 16.7 Å². The van der Waals surface area contributed by atoms with E-state index in [-0.39, 0.29) is 0 Å². The van der Waals surface area contributed by atoms with Gasteiger partial charge in [-0.3, -0.25) is 11.3 Å². The lowest BCUT2D eigenvalue weighted by Crippen LogP contribution is -2.36. The van der Waals surface area contributed by atoms with Gasteiger partial charge in [0.05, 0.1) is 0 Å². The van der Waals surface area contributed by atoms with Crippen LogP contribution in [0.3, 0.4) is 0 Å². The monoisotopic (exact) mass is 230 g/mol. The van der Waals surface area contributed by atoms with E-state index < -0.39 is 0 Å². The Labute approximate surface area is 105 Å². The predicted molar refractivity (Wildman–Crippen MR) is 73.4 cm³/mol. The minimum absolute atomic E-state index is 0.309. The first kappa shape index (κ1) is 13.8. The van der Waals surface area contributed by atoms with Crippen LogP contribution in [-0.2, 0) is 6.42 Å². The van der Waals surface area contributed by atoms with Crippen molar-refractivity contribution in [2.45, 2.75) is 45.6 Å². The molecule has 0 fully saturated rings. The Morgan fingerprint density at radius 2 is 2.18 bits per heavy atom. The van der Waals surface area contributed by atoms with Gasteiger partial charge in [0.15, 0.2) is 0 Å². The zero-order valence-corrected chi connectivity index (χ0v) is 10.8. The number of hydrazine groups is 1. The summed E-state index contributed by atoms with van der Waals surface area (Å²) in [5.74, 6) is 8.25. The van der Waals surface area contributed by atoms with Crippen molar-refractivity contribution < 1.29 is 0 Å². The summed E-state index contributed by atoms with van der Waals surface area (Å²) >= 11 is 0. The molecule has 0 radical (unpaired) electrons. The maximum absolute atomic E-state index is 5.59. The van der Waals surface area contributed by atoms with E-state index >= 15 is 0 Å². The fourth-order valence-corrected chi connectivity index (χ4v) is 1.98. The molecule has 0 saturated carbocycles. The number of aryl methyl sites for hydroxylation is 2. The van der Waals surface area contributed by atoms with Gasteiger partial charge in [0.2, 0.25) is 0 Å². The van der Waals surface area contributed by atoms with E-state index in [1.54, 1.807) is 0 Å². The molecule has 0 aromatic heterocycles. The fraction of sp³-hybridized carbons (Fsp3) is 0.467. The number of benzene rings is 1. The van der Waals surface area contributed by atoms with Crippen molar-refractivity contribution in [2.24, 2.45) is 5.84 Å². The molecule has 0 amide bonds. The molecule has 0 aliphatic heterocycles. The summed E-state index contributed by atoms with van der Waals surface area (Å²) < 4.78 is 0. The molecule has 0 bridgehead atoms. The lowest BCUT2D eigenvalue weighted by molar-refractivity contribution is 0.479. The number of terminal acetylenes is 1. The van der Waals surface area contributed by atoms with E-state index in [2.05, 4.69) is 43.4 Å². The zero-order valence-electron chi connectivity index (χ0n) is 10.8. The third-order valence-electron chi connectivity index (χ3n) is 3.08. The molecule has 0 saturated heterocycles. The minimum atomic E-state index is 0.309. The van der Waals surface area contributed by atoms with Gasteiger partial charge in [-0.15, -0.1) is 12.3 Å². The van der Waals surface area contributed by atoms with Gasteiger partial charge in [-0.2, -0.15) is 0 Å². The van der Waals surface area contributed by atoms with E-state index in [1.807, 2.05) is 0 Å². The Hall–Kier alpha value is -1.30. The lowest BCUT2D eigenvalue weighted by atomic mass is 9.96. The van der Waals surface area contributed by atoms with Gasteiger partial charge in [0.25, 0.3) is 0 Å². The van der Waals surface area contributed by atoms with Crippen LogP contribution in [0.2, 0.25) is 0 Å². The van der Waals surface area contributed by atoms with E-state index in [4.69, 9.17) is 12.3 Å². The Morgan fingerprint density at radius 1 is 1.41 bits per heavy atom. The molecule has 2 heteroatoms.